The molecule has 0 aliphatic heterocycles. The van der Waals surface area contributed by atoms with Crippen molar-refractivity contribution in [2.75, 3.05) is 5.32 Å². The van der Waals surface area contributed by atoms with Crippen LogP contribution in [0.25, 0.3) is 6.08 Å². The molecule has 2 aromatic rings. The second kappa shape index (κ2) is 7.14. The van der Waals surface area contributed by atoms with Gasteiger partial charge in [0.05, 0.1) is 9.85 Å². The number of nitrogens with one attached hydrogen (secondary N) is 1. The first-order valence-electron chi connectivity index (χ1n) is 6.85. The fraction of sp³-hybridized carbons (Fsp3) is 0.0625. The van der Waals surface area contributed by atoms with Gasteiger partial charge < -0.3 is 5.32 Å². The molecule has 0 bridgehead atoms. The van der Waals surface area contributed by atoms with Crippen LogP contribution in [0.5, 0.6) is 0 Å². The van der Waals surface area contributed by atoms with Gasteiger partial charge in [-0.25, -0.2) is 0 Å². The number of anilines is 1. The molecule has 2 rings (SSSR count). The van der Waals surface area contributed by atoms with E-state index in [1.54, 1.807) is 13.0 Å². The van der Waals surface area contributed by atoms with Crippen molar-refractivity contribution in [2.45, 2.75) is 6.92 Å². The summed E-state index contributed by atoms with van der Waals surface area (Å²) in [6.45, 7) is 1.72. The van der Waals surface area contributed by atoms with Crippen LogP contribution >= 0.6 is 0 Å². The summed E-state index contributed by atoms with van der Waals surface area (Å²) in [7, 11) is 0. The Kier molecular flexibility index (Phi) is 5.00. The van der Waals surface area contributed by atoms with Crippen molar-refractivity contribution >= 4 is 29.0 Å². The number of nitro groups is 2. The summed E-state index contributed by atoms with van der Waals surface area (Å²) in [4.78, 5) is 32.4. The number of non-ortho nitro benzene ring substituents is 1. The minimum absolute atomic E-state index is 0.0492. The molecule has 122 valence electrons. The summed E-state index contributed by atoms with van der Waals surface area (Å²) in [5, 5.41) is 24.0. The van der Waals surface area contributed by atoms with E-state index in [1.165, 1.54) is 48.6 Å². The molecular weight excluding hydrogens is 314 g/mol. The first-order chi connectivity index (χ1) is 11.4. The average Bonchev–Trinajstić information content (AvgIpc) is 2.54. The molecule has 0 unspecified atom stereocenters. The minimum atomic E-state index is -0.567. The third kappa shape index (κ3) is 4.23. The van der Waals surface area contributed by atoms with Crippen LogP contribution in [0.15, 0.2) is 48.5 Å². The molecule has 24 heavy (non-hydrogen) atoms. The number of hydrogen-bond acceptors (Lipinski definition) is 5. The standard InChI is InChI=1S/C16H13N3O5/c1-11-2-8-14(15(10-11)19(23)24)17-16(20)9-5-12-3-6-13(7-4-12)18(21)22/h2-10H,1H3,(H,17,20). The van der Waals surface area contributed by atoms with Crippen molar-refractivity contribution in [3.8, 4) is 0 Å². The number of aryl methyl sites for hydroxylation is 1. The number of nitrogens with zero attached hydrogens (tertiary/aromatic N) is 2. The lowest BCUT2D eigenvalue weighted by atomic mass is 10.2. The predicted octanol–water partition coefficient (Wildman–Crippen LogP) is 3.46. The third-order valence-corrected chi connectivity index (χ3v) is 3.14. The molecule has 2 aromatic carbocycles. The molecule has 0 saturated carbocycles. The summed E-state index contributed by atoms with van der Waals surface area (Å²) in [6, 6.07) is 10.1. The molecule has 0 saturated heterocycles. The van der Waals surface area contributed by atoms with Gasteiger partial charge in [0.1, 0.15) is 5.69 Å². The maximum absolute atomic E-state index is 11.9. The quantitative estimate of drug-likeness (QED) is 0.513. The maximum Gasteiger partial charge on any atom is 0.293 e. The van der Waals surface area contributed by atoms with Crippen LogP contribution in [0.1, 0.15) is 11.1 Å². The summed E-state index contributed by atoms with van der Waals surface area (Å²) in [6.07, 6.45) is 2.66. The van der Waals surface area contributed by atoms with Gasteiger partial charge in [0, 0.05) is 24.3 Å². The fourth-order valence-electron chi connectivity index (χ4n) is 1.95. The molecule has 8 nitrogen and oxygen atoms in total. The van der Waals surface area contributed by atoms with Gasteiger partial charge in [-0.2, -0.15) is 0 Å². The second-order valence-corrected chi connectivity index (χ2v) is 4.95. The zero-order chi connectivity index (χ0) is 17.7. The molecule has 1 amide bonds. The highest BCUT2D eigenvalue weighted by Gasteiger charge is 2.14. The zero-order valence-corrected chi connectivity index (χ0v) is 12.6. The van der Waals surface area contributed by atoms with E-state index in [0.29, 0.717) is 11.1 Å². The Morgan fingerprint density at radius 3 is 2.29 bits per heavy atom. The lowest BCUT2D eigenvalue weighted by Crippen LogP contribution is -2.09. The van der Waals surface area contributed by atoms with Crippen molar-refractivity contribution in [1.29, 1.82) is 0 Å². The lowest BCUT2D eigenvalue weighted by Gasteiger charge is -2.04. The van der Waals surface area contributed by atoms with Gasteiger partial charge in [-0.1, -0.05) is 6.07 Å². The van der Waals surface area contributed by atoms with Crippen molar-refractivity contribution < 1.29 is 14.6 Å². The van der Waals surface area contributed by atoms with Crippen LogP contribution in [-0.2, 0) is 4.79 Å². The number of benzene rings is 2. The van der Waals surface area contributed by atoms with Gasteiger partial charge in [-0.15, -0.1) is 0 Å². The number of amides is 1. The normalized spacial score (nSPS) is 10.5. The van der Waals surface area contributed by atoms with E-state index in [1.807, 2.05) is 0 Å². The van der Waals surface area contributed by atoms with Crippen molar-refractivity contribution in [2.24, 2.45) is 0 Å². The average molecular weight is 327 g/mol. The van der Waals surface area contributed by atoms with Crippen LogP contribution in [0, 0.1) is 27.2 Å². The van der Waals surface area contributed by atoms with Crippen LogP contribution in [0.3, 0.4) is 0 Å². The third-order valence-electron chi connectivity index (χ3n) is 3.14. The van der Waals surface area contributed by atoms with Gasteiger partial charge in [0.15, 0.2) is 0 Å². The van der Waals surface area contributed by atoms with Crippen molar-refractivity contribution in [1.82, 2.24) is 0 Å². The summed E-state index contributed by atoms with van der Waals surface area (Å²) in [5.74, 6) is -0.541. The molecule has 0 aromatic heterocycles. The first kappa shape index (κ1) is 16.8. The smallest absolute Gasteiger partial charge is 0.293 e. The molecule has 0 radical (unpaired) electrons. The number of nitro benzene ring substituents is 2. The van der Waals surface area contributed by atoms with Crippen molar-refractivity contribution in [3.05, 3.63) is 79.9 Å². The molecular formula is C16H13N3O5. The van der Waals surface area contributed by atoms with E-state index in [0.717, 1.165) is 0 Å². The van der Waals surface area contributed by atoms with E-state index in [2.05, 4.69) is 5.32 Å². The van der Waals surface area contributed by atoms with Crippen molar-refractivity contribution in [3.63, 3.8) is 0 Å². The van der Waals surface area contributed by atoms with Gasteiger partial charge in [-0.3, -0.25) is 25.0 Å². The van der Waals surface area contributed by atoms with Crippen LogP contribution in [0.2, 0.25) is 0 Å². The summed E-state index contributed by atoms with van der Waals surface area (Å²) < 4.78 is 0. The largest absolute Gasteiger partial charge is 0.317 e. The molecule has 8 heteroatoms. The molecule has 0 fully saturated rings. The second-order valence-electron chi connectivity index (χ2n) is 4.95. The Hall–Kier alpha value is -3.55. The number of hydrogen-bond donors (Lipinski definition) is 1. The van der Waals surface area contributed by atoms with Gasteiger partial charge in [0.25, 0.3) is 11.4 Å². The number of carbonyl (C=O) groups excluding carboxylic acids is 1. The topological polar surface area (TPSA) is 115 Å². The Balaban J connectivity index is 2.10. The van der Waals surface area contributed by atoms with Crippen LogP contribution in [-0.4, -0.2) is 15.8 Å². The van der Waals surface area contributed by atoms with Crippen LogP contribution < -0.4 is 5.32 Å². The van der Waals surface area contributed by atoms with E-state index >= 15 is 0 Å². The molecule has 0 aliphatic rings. The van der Waals surface area contributed by atoms with Crippen LogP contribution in [0.4, 0.5) is 17.1 Å². The molecule has 0 atom stereocenters. The Morgan fingerprint density at radius 2 is 1.71 bits per heavy atom. The highest BCUT2D eigenvalue weighted by atomic mass is 16.6. The minimum Gasteiger partial charge on any atom is -0.317 e. The van der Waals surface area contributed by atoms with E-state index in [9.17, 15) is 25.0 Å². The number of carbonyl (C=O) groups is 1. The van der Waals surface area contributed by atoms with Gasteiger partial charge >= 0.3 is 0 Å². The SMILES string of the molecule is Cc1ccc(NC(=O)C=Cc2ccc([N+](=O)[O-])cc2)c([N+](=O)[O-])c1. The highest BCUT2D eigenvalue weighted by molar-refractivity contribution is 6.03. The lowest BCUT2D eigenvalue weighted by molar-refractivity contribution is -0.384. The summed E-state index contributed by atoms with van der Waals surface area (Å²) >= 11 is 0. The number of rotatable bonds is 5. The zero-order valence-electron chi connectivity index (χ0n) is 12.6. The Bertz CT molecular complexity index is 828. The Morgan fingerprint density at radius 1 is 1.04 bits per heavy atom. The maximum atomic E-state index is 11.9. The molecule has 0 spiro atoms. The highest BCUT2D eigenvalue weighted by Crippen LogP contribution is 2.25. The summed E-state index contributed by atoms with van der Waals surface area (Å²) in [5.41, 5.74) is 1.16. The Labute approximate surface area is 136 Å². The molecule has 1 N–H and O–H groups in total. The first-order valence-corrected chi connectivity index (χ1v) is 6.85. The molecule has 0 heterocycles. The van der Waals surface area contributed by atoms with E-state index in [4.69, 9.17) is 0 Å². The van der Waals surface area contributed by atoms with Gasteiger partial charge in [0.2, 0.25) is 5.91 Å². The fourth-order valence-corrected chi connectivity index (χ4v) is 1.95. The van der Waals surface area contributed by atoms with E-state index in [-0.39, 0.29) is 17.1 Å². The van der Waals surface area contributed by atoms with E-state index < -0.39 is 15.8 Å². The van der Waals surface area contributed by atoms with Gasteiger partial charge in [-0.05, 0) is 42.3 Å². The predicted molar refractivity (Wildman–Crippen MR) is 88.6 cm³/mol. The molecule has 0 aliphatic carbocycles. The monoisotopic (exact) mass is 327 g/mol.